The van der Waals surface area contributed by atoms with E-state index in [9.17, 15) is 18.0 Å². The largest absolute Gasteiger partial charge is 0.325 e. The van der Waals surface area contributed by atoms with Crippen molar-refractivity contribution in [2.75, 3.05) is 18.4 Å². The van der Waals surface area contributed by atoms with E-state index in [-0.39, 0.29) is 11.4 Å². The zero-order chi connectivity index (χ0) is 18.4. The van der Waals surface area contributed by atoms with Crippen molar-refractivity contribution in [3.63, 3.8) is 0 Å². The van der Waals surface area contributed by atoms with E-state index in [1.54, 1.807) is 38.1 Å². The second-order valence-corrected chi connectivity index (χ2v) is 7.27. The Morgan fingerprint density at radius 3 is 2.32 bits per heavy atom. The molecular formula is C17H21N3O4S. The van der Waals surface area contributed by atoms with Gasteiger partial charge in [0.2, 0.25) is 15.9 Å². The van der Waals surface area contributed by atoms with Crippen LogP contribution in [-0.4, -0.2) is 36.3 Å². The first-order valence-corrected chi connectivity index (χ1v) is 9.38. The van der Waals surface area contributed by atoms with Crippen molar-refractivity contribution in [3.8, 4) is 0 Å². The third-order valence-corrected chi connectivity index (χ3v) is 5.70. The van der Waals surface area contributed by atoms with E-state index in [0.29, 0.717) is 18.8 Å². The minimum Gasteiger partial charge on any atom is -0.325 e. The molecule has 0 aliphatic heterocycles. The summed E-state index contributed by atoms with van der Waals surface area (Å²) in [6, 6.07) is 11.2. The molecule has 1 amide bonds. The van der Waals surface area contributed by atoms with Gasteiger partial charge in [0.25, 0.3) is 5.56 Å². The van der Waals surface area contributed by atoms with Crippen LogP contribution in [0.15, 0.2) is 58.4 Å². The van der Waals surface area contributed by atoms with Crippen molar-refractivity contribution in [2.45, 2.75) is 25.3 Å². The average molecular weight is 363 g/mol. The number of nitrogens with zero attached hydrogens (tertiary/aromatic N) is 2. The lowest BCUT2D eigenvalue weighted by Gasteiger charge is -2.19. The molecule has 0 fully saturated rings. The molecule has 8 heteroatoms. The van der Waals surface area contributed by atoms with E-state index in [1.807, 2.05) is 6.07 Å². The van der Waals surface area contributed by atoms with Gasteiger partial charge in [-0.25, -0.2) is 8.42 Å². The highest BCUT2D eigenvalue weighted by molar-refractivity contribution is 7.89. The minimum atomic E-state index is -3.69. The number of carbonyl (C=O) groups excluding carboxylic acids is 1. The smallest absolute Gasteiger partial charge is 0.251 e. The Kier molecular flexibility index (Phi) is 6.11. The number of amides is 1. The Bertz CT molecular complexity index is 888. The second kappa shape index (κ2) is 8.09. The van der Waals surface area contributed by atoms with E-state index in [1.165, 1.54) is 16.6 Å². The molecule has 0 bridgehead atoms. The number of anilines is 1. The third-order valence-electron chi connectivity index (χ3n) is 3.67. The minimum absolute atomic E-state index is 0.0108. The molecule has 0 unspecified atom stereocenters. The van der Waals surface area contributed by atoms with Gasteiger partial charge >= 0.3 is 0 Å². The van der Waals surface area contributed by atoms with Crippen LogP contribution in [0, 0.1) is 0 Å². The van der Waals surface area contributed by atoms with Gasteiger partial charge in [0.05, 0.1) is 4.90 Å². The van der Waals surface area contributed by atoms with Gasteiger partial charge in [0, 0.05) is 31.0 Å². The molecule has 1 heterocycles. The fraction of sp³-hybridized carbons (Fsp3) is 0.294. The van der Waals surface area contributed by atoms with Crippen LogP contribution in [0.1, 0.15) is 13.8 Å². The van der Waals surface area contributed by atoms with Crippen LogP contribution in [0.25, 0.3) is 0 Å². The molecule has 0 aliphatic rings. The second-order valence-electron chi connectivity index (χ2n) is 5.33. The van der Waals surface area contributed by atoms with Crippen LogP contribution in [0.4, 0.5) is 5.69 Å². The average Bonchev–Trinajstić information content (AvgIpc) is 2.58. The fourth-order valence-electron chi connectivity index (χ4n) is 2.37. The van der Waals surface area contributed by atoms with Crippen LogP contribution >= 0.6 is 0 Å². The van der Waals surface area contributed by atoms with E-state index in [2.05, 4.69) is 5.32 Å². The SMILES string of the molecule is CCN(CC)S(=O)(=O)c1ccc(=O)n(CC(=O)Nc2ccccc2)c1. The van der Waals surface area contributed by atoms with E-state index >= 15 is 0 Å². The van der Waals surface area contributed by atoms with Crippen molar-refractivity contribution in [3.05, 3.63) is 59.0 Å². The highest BCUT2D eigenvalue weighted by Crippen LogP contribution is 2.13. The molecular weight excluding hydrogens is 342 g/mol. The maximum Gasteiger partial charge on any atom is 0.251 e. The molecule has 1 aromatic heterocycles. The van der Waals surface area contributed by atoms with Gasteiger partial charge < -0.3 is 9.88 Å². The van der Waals surface area contributed by atoms with Gasteiger partial charge in [-0.3, -0.25) is 9.59 Å². The quantitative estimate of drug-likeness (QED) is 0.808. The summed E-state index contributed by atoms with van der Waals surface area (Å²) in [5, 5.41) is 2.66. The lowest BCUT2D eigenvalue weighted by molar-refractivity contribution is -0.116. The van der Waals surface area contributed by atoms with Gasteiger partial charge in [-0.2, -0.15) is 4.31 Å². The first-order valence-electron chi connectivity index (χ1n) is 7.94. The summed E-state index contributed by atoms with van der Waals surface area (Å²) < 4.78 is 27.5. The molecule has 0 saturated heterocycles. The number of nitrogens with one attached hydrogen (secondary N) is 1. The Balaban J connectivity index is 2.25. The maximum absolute atomic E-state index is 12.5. The fourth-order valence-corrected chi connectivity index (χ4v) is 3.85. The zero-order valence-corrected chi connectivity index (χ0v) is 15.0. The number of rotatable bonds is 7. The molecule has 0 spiro atoms. The van der Waals surface area contributed by atoms with Crippen molar-refractivity contribution < 1.29 is 13.2 Å². The van der Waals surface area contributed by atoms with Crippen molar-refractivity contribution in [1.29, 1.82) is 0 Å². The van der Waals surface area contributed by atoms with Crippen LogP contribution in [-0.2, 0) is 21.4 Å². The van der Waals surface area contributed by atoms with E-state index in [0.717, 1.165) is 10.6 Å². The first-order chi connectivity index (χ1) is 11.9. The lowest BCUT2D eigenvalue weighted by atomic mass is 10.3. The van der Waals surface area contributed by atoms with E-state index < -0.39 is 21.5 Å². The third kappa shape index (κ3) is 4.55. The normalized spacial score (nSPS) is 11.5. The topological polar surface area (TPSA) is 88.5 Å². The molecule has 25 heavy (non-hydrogen) atoms. The number of sulfonamides is 1. The molecule has 0 aliphatic carbocycles. The Labute approximate surface area is 147 Å². The van der Waals surface area contributed by atoms with Gasteiger partial charge in [-0.1, -0.05) is 32.0 Å². The van der Waals surface area contributed by atoms with Crippen molar-refractivity contribution >= 4 is 21.6 Å². The summed E-state index contributed by atoms with van der Waals surface area (Å²) in [5.74, 6) is -0.411. The van der Waals surface area contributed by atoms with Gasteiger partial charge in [0.1, 0.15) is 6.54 Å². The zero-order valence-electron chi connectivity index (χ0n) is 14.2. The predicted octanol–water partition coefficient (Wildman–Crippen LogP) is 1.52. The summed E-state index contributed by atoms with van der Waals surface area (Å²) in [5.41, 5.74) is 0.161. The molecule has 0 saturated carbocycles. The molecule has 1 aromatic carbocycles. The number of aromatic nitrogens is 1. The highest BCUT2D eigenvalue weighted by Gasteiger charge is 2.22. The number of benzene rings is 1. The lowest BCUT2D eigenvalue weighted by Crippen LogP contribution is -2.33. The van der Waals surface area contributed by atoms with Crippen LogP contribution in [0.3, 0.4) is 0 Å². The van der Waals surface area contributed by atoms with Gasteiger partial charge in [-0.05, 0) is 18.2 Å². The molecule has 2 rings (SSSR count). The molecule has 1 N–H and O–H groups in total. The first kappa shape index (κ1) is 18.9. The van der Waals surface area contributed by atoms with Crippen molar-refractivity contribution in [1.82, 2.24) is 8.87 Å². The molecule has 0 atom stereocenters. The Morgan fingerprint density at radius 1 is 1.08 bits per heavy atom. The Hall–Kier alpha value is -2.45. The van der Waals surface area contributed by atoms with Gasteiger partial charge in [0.15, 0.2) is 0 Å². The summed E-state index contributed by atoms with van der Waals surface area (Å²) in [7, 11) is -3.69. The number of pyridine rings is 1. The highest BCUT2D eigenvalue weighted by atomic mass is 32.2. The molecule has 7 nitrogen and oxygen atoms in total. The summed E-state index contributed by atoms with van der Waals surface area (Å²) in [4.78, 5) is 24.1. The summed E-state index contributed by atoms with van der Waals surface area (Å²) in [6.45, 7) is 3.86. The number of hydrogen-bond acceptors (Lipinski definition) is 4. The van der Waals surface area contributed by atoms with Crippen molar-refractivity contribution in [2.24, 2.45) is 0 Å². The van der Waals surface area contributed by atoms with Crippen LogP contribution in [0.5, 0.6) is 0 Å². The molecule has 2 aromatic rings. The van der Waals surface area contributed by atoms with E-state index in [4.69, 9.17) is 0 Å². The summed E-state index contributed by atoms with van der Waals surface area (Å²) in [6.07, 6.45) is 1.21. The van der Waals surface area contributed by atoms with Gasteiger partial charge in [-0.15, -0.1) is 0 Å². The Morgan fingerprint density at radius 2 is 1.72 bits per heavy atom. The number of carbonyl (C=O) groups is 1. The summed E-state index contributed by atoms with van der Waals surface area (Å²) >= 11 is 0. The number of hydrogen-bond donors (Lipinski definition) is 1. The number of para-hydroxylation sites is 1. The molecule has 0 radical (unpaired) electrons. The predicted molar refractivity (Wildman–Crippen MR) is 95.9 cm³/mol. The van der Waals surface area contributed by atoms with Crippen LogP contribution < -0.4 is 10.9 Å². The molecule has 134 valence electrons. The monoisotopic (exact) mass is 363 g/mol. The maximum atomic E-state index is 12.5. The van der Waals surface area contributed by atoms with Crippen LogP contribution in [0.2, 0.25) is 0 Å². The standard InChI is InChI=1S/C17H21N3O4S/c1-3-20(4-2)25(23,24)15-10-11-17(22)19(12-15)13-16(21)18-14-8-6-5-7-9-14/h5-12H,3-4,13H2,1-2H3,(H,18,21).